The second-order valence-corrected chi connectivity index (χ2v) is 9.27. The molecule has 1 aliphatic heterocycles. The number of halogens is 2. The number of carbonyl (C=O) groups is 2. The van der Waals surface area contributed by atoms with Gasteiger partial charge in [0.15, 0.2) is 0 Å². The zero-order valence-corrected chi connectivity index (χ0v) is 19.7. The van der Waals surface area contributed by atoms with Gasteiger partial charge in [0.2, 0.25) is 5.91 Å². The molecule has 0 aromatic heterocycles. The molecule has 8 heteroatoms. The lowest BCUT2D eigenvalue weighted by atomic mass is 10.0. The standard InChI is InChI=1S/C26H19ClFN3O2S/c1-16-4-2-3-5-17(16)14-23-25(33)31(21-12-8-19(28)9-13-21)26(34-23)22(15-29)24(32)30-20-10-6-18(27)7-11-20/h2-13,23H,14H2,1H3,(H,30,32). The fourth-order valence-electron chi connectivity index (χ4n) is 3.58. The molecule has 1 heterocycles. The van der Waals surface area contributed by atoms with Gasteiger partial charge in [0.25, 0.3) is 5.91 Å². The van der Waals surface area contributed by atoms with Crippen LogP contribution in [0.1, 0.15) is 11.1 Å². The zero-order valence-electron chi connectivity index (χ0n) is 18.1. The third-order valence-corrected chi connectivity index (χ3v) is 6.87. The number of anilines is 2. The number of carbonyl (C=O) groups excluding carboxylic acids is 2. The Labute approximate surface area is 205 Å². The number of nitrogens with one attached hydrogen (secondary N) is 1. The van der Waals surface area contributed by atoms with E-state index in [2.05, 4.69) is 5.32 Å². The molecule has 4 rings (SSSR count). The van der Waals surface area contributed by atoms with Crippen molar-refractivity contribution >= 4 is 46.6 Å². The second-order valence-electron chi connectivity index (χ2n) is 7.64. The van der Waals surface area contributed by atoms with E-state index in [-0.39, 0.29) is 16.5 Å². The molecule has 170 valence electrons. The molecule has 5 nitrogen and oxygen atoms in total. The van der Waals surface area contributed by atoms with Crippen molar-refractivity contribution in [2.45, 2.75) is 18.6 Å². The van der Waals surface area contributed by atoms with E-state index < -0.39 is 17.0 Å². The van der Waals surface area contributed by atoms with Crippen LogP contribution in [0.5, 0.6) is 0 Å². The minimum absolute atomic E-state index is 0.204. The summed E-state index contributed by atoms with van der Waals surface area (Å²) in [6.07, 6.45) is 0.425. The van der Waals surface area contributed by atoms with Gasteiger partial charge in [-0.2, -0.15) is 5.26 Å². The van der Waals surface area contributed by atoms with Crippen molar-refractivity contribution in [3.8, 4) is 6.07 Å². The first-order chi connectivity index (χ1) is 16.4. The maximum absolute atomic E-state index is 13.6. The molecule has 0 aliphatic carbocycles. The monoisotopic (exact) mass is 491 g/mol. The number of amides is 2. The minimum Gasteiger partial charge on any atom is -0.321 e. The SMILES string of the molecule is Cc1ccccc1CC1SC(=C(C#N)C(=O)Nc2ccc(Cl)cc2)N(c2ccc(F)cc2)C1=O. The number of nitrogens with zero attached hydrogens (tertiary/aromatic N) is 2. The number of hydrogen-bond acceptors (Lipinski definition) is 4. The van der Waals surface area contributed by atoms with E-state index in [0.717, 1.165) is 22.9 Å². The average molecular weight is 492 g/mol. The summed E-state index contributed by atoms with van der Waals surface area (Å²) in [6, 6.07) is 21.5. The number of aryl methyl sites for hydroxylation is 1. The van der Waals surface area contributed by atoms with Crippen molar-refractivity contribution in [1.82, 2.24) is 0 Å². The predicted molar refractivity (Wildman–Crippen MR) is 133 cm³/mol. The van der Waals surface area contributed by atoms with Crippen LogP contribution < -0.4 is 10.2 Å². The second kappa shape index (κ2) is 10.1. The number of benzene rings is 3. The van der Waals surface area contributed by atoms with Crippen molar-refractivity contribution in [1.29, 1.82) is 5.26 Å². The lowest BCUT2D eigenvalue weighted by molar-refractivity contribution is -0.117. The Hall–Kier alpha value is -3.60. The van der Waals surface area contributed by atoms with Gasteiger partial charge in [0.1, 0.15) is 22.5 Å². The quantitative estimate of drug-likeness (QED) is 0.359. The van der Waals surface area contributed by atoms with Crippen LogP contribution in [0.4, 0.5) is 15.8 Å². The lowest BCUT2D eigenvalue weighted by Gasteiger charge is -2.18. The van der Waals surface area contributed by atoms with Crippen molar-refractivity contribution < 1.29 is 14.0 Å². The number of thioether (sulfide) groups is 1. The molecule has 0 spiro atoms. The Balaban J connectivity index is 1.73. The summed E-state index contributed by atoms with van der Waals surface area (Å²) < 4.78 is 13.6. The molecule has 1 fully saturated rings. The van der Waals surface area contributed by atoms with Gasteiger partial charge in [0.05, 0.1) is 5.25 Å². The van der Waals surface area contributed by atoms with Crippen LogP contribution in [0.2, 0.25) is 5.02 Å². The first kappa shape index (κ1) is 23.6. The highest BCUT2D eigenvalue weighted by atomic mass is 35.5. The van der Waals surface area contributed by atoms with Crippen LogP contribution in [0.3, 0.4) is 0 Å². The molecule has 3 aromatic rings. The number of rotatable bonds is 5. The fraction of sp³-hybridized carbons (Fsp3) is 0.115. The van der Waals surface area contributed by atoms with Gasteiger partial charge in [-0.3, -0.25) is 14.5 Å². The molecule has 1 atom stereocenters. The molecule has 0 saturated carbocycles. The van der Waals surface area contributed by atoms with Gasteiger partial charge < -0.3 is 5.32 Å². The van der Waals surface area contributed by atoms with Crippen LogP contribution in [-0.4, -0.2) is 17.1 Å². The Morgan fingerprint density at radius 3 is 2.44 bits per heavy atom. The highest BCUT2D eigenvalue weighted by Crippen LogP contribution is 2.42. The Morgan fingerprint density at radius 1 is 1.12 bits per heavy atom. The number of nitriles is 1. The van der Waals surface area contributed by atoms with E-state index in [1.807, 2.05) is 37.3 Å². The Kier molecular flexibility index (Phi) is 7.01. The van der Waals surface area contributed by atoms with Gasteiger partial charge in [-0.25, -0.2) is 4.39 Å². The Bertz CT molecular complexity index is 1320. The molecule has 1 N–H and O–H groups in total. The molecule has 2 amide bonds. The molecule has 1 aliphatic rings. The largest absolute Gasteiger partial charge is 0.321 e. The summed E-state index contributed by atoms with van der Waals surface area (Å²) in [5.74, 6) is -1.38. The van der Waals surface area contributed by atoms with E-state index in [0.29, 0.717) is 22.8 Å². The normalized spacial score (nSPS) is 16.8. The maximum Gasteiger partial charge on any atom is 0.269 e. The first-order valence-electron chi connectivity index (χ1n) is 10.4. The third-order valence-electron chi connectivity index (χ3n) is 5.36. The summed E-state index contributed by atoms with van der Waals surface area (Å²) in [6.45, 7) is 1.97. The van der Waals surface area contributed by atoms with E-state index in [1.54, 1.807) is 24.3 Å². The molecule has 3 aromatic carbocycles. The molecular weight excluding hydrogens is 473 g/mol. The highest BCUT2D eigenvalue weighted by molar-refractivity contribution is 8.05. The Morgan fingerprint density at radius 2 is 1.79 bits per heavy atom. The fourth-order valence-corrected chi connectivity index (χ4v) is 5.00. The molecule has 34 heavy (non-hydrogen) atoms. The van der Waals surface area contributed by atoms with Crippen LogP contribution in [0.25, 0.3) is 0 Å². The van der Waals surface area contributed by atoms with Crippen molar-refractivity contribution in [3.05, 3.63) is 105 Å². The van der Waals surface area contributed by atoms with Gasteiger partial charge in [0, 0.05) is 16.4 Å². The summed E-state index contributed by atoms with van der Waals surface area (Å²) >= 11 is 7.06. The van der Waals surface area contributed by atoms with Crippen LogP contribution in [-0.2, 0) is 16.0 Å². The maximum atomic E-state index is 13.6. The van der Waals surface area contributed by atoms with Crippen LogP contribution >= 0.6 is 23.4 Å². The van der Waals surface area contributed by atoms with Gasteiger partial charge >= 0.3 is 0 Å². The smallest absolute Gasteiger partial charge is 0.269 e. The van der Waals surface area contributed by atoms with E-state index >= 15 is 0 Å². The topological polar surface area (TPSA) is 73.2 Å². The van der Waals surface area contributed by atoms with Crippen molar-refractivity contribution in [3.63, 3.8) is 0 Å². The van der Waals surface area contributed by atoms with Crippen molar-refractivity contribution in [2.75, 3.05) is 10.2 Å². The van der Waals surface area contributed by atoms with Crippen LogP contribution in [0.15, 0.2) is 83.4 Å². The summed E-state index contributed by atoms with van der Waals surface area (Å²) in [5.41, 5.74) is 2.68. The first-order valence-corrected chi connectivity index (χ1v) is 11.6. The van der Waals surface area contributed by atoms with E-state index in [9.17, 15) is 19.2 Å². The summed E-state index contributed by atoms with van der Waals surface area (Å²) in [4.78, 5) is 27.8. The molecule has 1 saturated heterocycles. The lowest BCUT2D eigenvalue weighted by Crippen LogP contribution is -2.31. The zero-order chi connectivity index (χ0) is 24.2. The third kappa shape index (κ3) is 4.98. The van der Waals surface area contributed by atoms with Gasteiger partial charge in [-0.15, -0.1) is 0 Å². The van der Waals surface area contributed by atoms with Crippen molar-refractivity contribution in [2.24, 2.45) is 0 Å². The number of hydrogen-bond donors (Lipinski definition) is 1. The molecule has 0 radical (unpaired) electrons. The van der Waals surface area contributed by atoms with E-state index in [4.69, 9.17) is 11.6 Å². The summed E-state index contributed by atoms with van der Waals surface area (Å²) in [7, 11) is 0. The molecule has 0 bridgehead atoms. The average Bonchev–Trinajstić information content (AvgIpc) is 3.13. The summed E-state index contributed by atoms with van der Waals surface area (Å²) in [5, 5.41) is 12.7. The van der Waals surface area contributed by atoms with E-state index in [1.165, 1.54) is 29.2 Å². The van der Waals surface area contributed by atoms with Gasteiger partial charge in [-0.05, 0) is 73.0 Å². The molecular formula is C26H19ClFN3O2S. The highest BCUT2D eigenvalue weighted by Gasteiger charge is 2.41. The van der Waals surface area contributed by atoms with Gasteiger partial charge in [-0.1, -0.05) is 47.6 Å². The minimum atomic E-state index is -0.649. The van der Waals surface area contributed by atoms with Crippen LogP contribution in [0, 0.1) is 24.1 Å². The predicted octanol–water partition coefficient (Wildman–Crippen LogP) is 5.85. The molecule has 1 unspecified atom stereocenters.